The molecule has 0 saturated heterocycles. The Bertz CT molecular complexity index is 994. The van der Waals surface area contributed by atoms with Crippen LogP contribution in [0, 0.1) is 5.92 Å². The van der Waals surface area contributed by atoms with E-state index in [0.717, 1.165) is 22.2 Å². The van der Waals surface area contributed by atoms with Crippen molar-refractivity contribution in [1.82, 2.24) is 10.4 Å². The van der Waals surface area contributed by atoms with Crippen molar-refractivity contribution in [1.29, 1.82) is 0 Å². The first-order valence-electron chi connectivity index (χ1n) is 8.67. The van der Waals surface area contributed by atoms with Gasteiger partial charge in [0.05, 0.1) is 17.1 Å². The molecule has 5 heteroatoms. The van der Waals surface area contributed by atoms with Gasteiger partial charge in [0.2, 0.25) is 5.91 Å². The van der Waals surface area contributed by atoms with Crippen molar-refractivity contribution in [2.75, 3.05) is 5.43 Å². The van der Waals surface area contributed by atoms with Crippen LogP contribution in [0.15, 0.2) is 60.8 Å². The largest absolute Gasteiger partial charge is 0.298 e. The molecule has 2 aromatic carbocycles. The number of carbonyl (C=O) groups excluding carboxylic acids is 2. The molecule has 0 fully saturated rings. The third-order valence-electron chi connectivity index (χ3n) is 4.92. The van der Waals surface area contributed by atoms with E-state index in [4.69, 9.17) is 0 Å². The number of Topliss-reactive ketones (excluding diaryl/α,β-unsaturated/α-hetero) is 1. The smallest absolute Gasteiger partial charge is 0.246 e. The van der Waals surface area contributed by atoms with Gasteiger partial charge in [-0.2, -0.15) is 0 Å². The Balaban J connectivity index is 1.58. The fourth-order valence-corrected chi connectivity index (χ4v) is 3.67. The highest BCUT2D eigenvalue weighted by atomic mass is 16.2. The quantitative estimate of drug-likeness (QED) is 0.710. The van der Waals surface area contributed by atoms with Crippen LogP contribution in [0.3, 0.4) is 0 Å². The van der Waals surface area contributed by atoms with Gasteiger partial charge in [-0.25, -0.2) is 0 Å². The normalized spacial score (nSPS) is 19.0. The zero-order valence-corrected chi connectivity index (χ0v) is 14.4. The lowest BCUT2D eigenvalue weighted by Gasteiger charge is -2.29. The van der Waals surface area contributed by atoms with Crippen LogP contribution < -0.4 is 10.9 Å². The minimum atomic E-state index is -0.357. The highest BCUT2D eigenvalue weighted by Gasteiger charge is 2.35. The summed E-state index contributed by atoms with van der Waals surface area (Å²) in [6.45, 7) is 1.94. The first-order valence-corrected chi connectivity index (χ1v) is 8.67. The van der Waals surface area contributed by atoms with Gasteiger partial charge in [0.25, 0.3) is 0 Å². The number of benzene rings is 2. The van der Waals surface area contributed by atoms with Gasteiger partial charge in [0.1, 0.15) is 0 Å². The van der Waals surface area contributed by atoms with Crippen LogP contribution in [-0.4, -0.2) is 16.7 Å². The number of nitrogens with zero attached hydrogens (tertiary/aromatic N) is 1. The number of nitrogens with one attached hydrogen (secondary N) is 2. The van der Waals surface area contributed by atoms with Crippen molar-refractivity contribution in [3.05, 3.63) is 71.9 Å². The fraction of sp³-hybridized carbons (Fsp3) is 0.190. The molecule has 2 unspecified atom stereocenters. The Morgan fingerprint density at radius 3 is 2.81 bits per heavy atom. The summed E-state index contributed by atoms with van der Waals surface area (Å²) in [5, 5.41) is 0.933. The topological polar surface area (TPSA) is 71.1 Å². The van der Waals surface area contributed by atoms with Gasteiger partial charge < -0.3 is 0 Å². The van der Waals surface area contributed by atoms with Gasteiger partial charge >= 0.3 is 0 Å². The van der Waals surface area contributed by atoms with Crippen molar-refractivity contribution in [2.45, 2.75) is 19.3 Å². The van der Waals surface area contributed by atoms with Gasteiger partial charge in [-0.05, 0) is 35.7 Å². The third-order valence-corrected chi connectivity index (χ3v) is 4.92. The number of hydrazine groups is 1. The maximum Gasteiger partial charge on any atom is 0.246 e. The second kappa shape index (κ2) is 6.59. The molecule has 1 amide bonds. The van der Waals surface area contributed by atoms with Crippen molar-refractivity contribution in [3.63, 3.8) is 0 Å². The van der Waals surface area contributed by atoms with Gasteiger partial charge in [-0.3, -0.25) is 25.4 Å². The molecule has 2 atom stereocenters. The highest BCUT2D eigenvalue weighted by molar-refractivity contribution is 6.02. The molecule has 1 heterocycles. The number of hydrogen-bond acceptors (Lipinski definition) is 4. The molecule has 1 aliphatic carbocycles. The van der Waals surface area contributed by atoms with E-state index < -0.39 is 0 Å². The fourth-order valence-electron chi connectivity index (χ4n) is 3.67. The zero-order chi connectivity index (χ0) is 18.1. The van der Waals surface area contributed by atoms with E-state index in [1.54, 1.807) is 12.3 Å². The number of carbonyl (C=O) groups is 2. The Morgan fingerprint density at radius 1 is 1.08 bits per heavy atom. The predicted octanol–water partition coefficient (Wildman–Crippen LogP) is 3.68. The molecular weight excluding hydrogens is 326 g/mol. The lowest BCUT2D eigenvalue weighted by molar-refractivity contribution is -0.123. The second-order valence-electron chi connectivity index (χ2n) is 6.66. The van der Waals surface area contributed by atoms with Gasteiger partial charge in [-0.15, -0.1) is 0 Å². The van der Waals surface area contributed by atoms with Crippen LogP contribution in [0.25, 0.3) is 10.9 Å². The highest BCUT2D eigenvalue weighted by Crippen LogP contribution is 2.36. The minimum Gasteiger partial charge on any atom is -0.298 e. The van der Waals surface area contributed by atoms with E-state index in [1.165, 1.54) is 0 Å². The molecule has 4 rings (SSSR count). The summed E-state index contributed by atoms with van der Waals surface area (Å²) >= 11 is 0. The summed E-state index contributed by atoms with van der Waals surface area (Å²) in [7, 11) is 0. The molecule has 0 aliphatic heterocycles. The van der Waals surface area contributed by atoms with Crippen LogP contribution in [0.5, 0.6) is 0 Å². The second-order valence-corrected chi connectivity index (χ2v) is 6.66. The number of hydrogen-bond donors (Lipinski definition) is 2. The van der Waals surface area contributed by atoms with Crippen molar-refractivity contribution < 1.29 is 9.59 Å². The van der Waals surface area contributed by atoms with Crippen LogP contribution in [0.2, 0.25) is 0 Å². The van der Waals surface area contributed by atoms with E-state index in [1.807, 2.05) is 55.5 Å². The summed E-state index contributed by atoms with van der Waals surface area (Å²) in [6, 6.07) is 16.9. The van der Waals surface area contributed by atoms with Crippen LogP contribution in [0.1, 0.15) is 35.2 Å². The standard InChI is InChI=1S/C21H19N3O2/c1-13-12-19(25)14-6-2-3-7-15(14)20(13)21(26)24-23-18-10-4-9-17-16(18)8-5-11-22-17/h2-11,13,20,23H,12H2,1H3,(H,24,26). The number of ketones is 1. The number of rotatable bonds is 3. The SMILES string of the molecule is CC1CC(=O)c2ccccc2C1C(=O)NNc1cccc2ncccc12. The molecule has 26 heavy (non-hydrogen) atoms. The minimum absolute atomic E-state index is 0.0478. The van der Waals surface area contributed by atoms with E-state index >= 15 is 0 Å². The summed E-state index contributed by atoms with van der Waals surface area (Å²) in [5.41, 5.74) is 8.94. The molecule has 130 valence electrons. The molecular formula is C21H19N3O2. The average Bonchev–Trinajstić information content (AvgIpc) is 2.66. The van der Waals surface area contributed by atoms with Crippen molar-refractivity contribution >= 4 is 28.3 Å². The van der Waals surface area contributed by atoms with Crippen LogP contribution >= 0.6 is 0 Å². The lowest BCUT2D eigenvalue weighted by Crippen LogP contribution is -2.39. The van der Waals surface area contributed by atoms with Crippen molar-refractivity contribution in [2.24, 2.45) is 5.92 Å². The molecule has 0 saturated carbocycles. The van der Waals surface area contributed by atoms with E-state index in [-0.39, 0.29) is 23.5 Å². The first-order chi connectivity index (χ1) is 12.6. The van der Waals surface area contributed by atoms with E-state index in [9.17, 15) is 9.59 Å². The summed E-state index contributed by atoms with van der Waals surface area (Å²) in [5.74, 6) is -0.443. The maximum absolute atomic E-state index is 12.9. The van der Waals surface area contributed by atoms with Crippen LogP contribution in [0.4, 0.5) is 5.69 Å². The number of fused-ring (bicyclic) bond motifs is 2. The number of amides is 1. The Hall–Kier alpha value is -3.21. The van der Waals surface area contributed by atoms with Crippen molar-refractivity contribution in [3.8, 4) is 0 Å². The number of pyridine rings is 1. The molecule has 0 bridgehead atoms. The molecule has 3 aromatic rings. The first kappa shape index (κ1) is 16.3. The Kier molecular flexibility index (Phi) is 4.13. The summed E-state index contributed by atoms with van der Waals surface area (Å²) < 4.78 is 0. The van der Waals surface area contributed by atoms with Gasteiger partial charge in [0, 0.05) is 23.6 Å². The summed E-state index contributed by atoms with van der Waals surface area (Å²) in [4.78, 5) is 29.4. The third kappa shape index (κ3) is 2.81. The number of anilines is 1. The predicted molar refractivity (Wildman–Crippen MR) is 101 cm³/mol. The summed E-state index contributed by atoms with van der Waals surface area (Å²) in [6.07, 6.45) is 2.12. The van der Waals surface area contributed by atoms with E-state index in [2.05, 4.69) is 15.8 Å². The maximum atomic E-state index is 12.9. The molecule has 2 N–H and O–H groups in total. The van der Waals surface area contributed by atoms with Gasteiger partial charge in [-0.1, -0.05) is 37.3 Å². The molecule has 1 aromatic heterocycles. The average molecular weight is 345 g/mol. The Labute approximate surface area is 151 Å². The molecule has 0 radical (unpaired) electrons. The lowest BCUT2D eigenvalue weighted by atomic mass is 9.75. The Morgan fingerprint density at radius 2 is 1.92 bits per heavy atom. The molecule has 1 aliphatic rings. The zero-order valence-electron chi connectivity index (χ0n) is 14.4. The van der Waals surface area contributed by atoms with Crippen LogP contribution in [-0.2, 0) is 4.79 Å². The molecule has 5 nitrogen and oxygen atoms in total. The number of aromatic nitrogens is 1. The monoisotopic (exact) mass is 345 g/mol. The van der Waals surface area contributed by atoms with E-state index in [0.29, 0.717) is 12.0 Å². The van der Waals surface area contributed by atoms with Gasteiger partial charge in [0.15, 0.2) is 5.78 Å². The molecule has 0 spiro atoms.